The molecule has 1 rings (SSSR count). The van der Waals surface area contributed by atoms with Crippen molar-refractivity contribution in [2.75, 3.05) is 0 Å². The highest BCUT2D eigenvalue weighted by Crippen LogP contribution is 2.21. The molecular formula is C12H13BrClNO3. The Morgan fingerprint density at radius 3 is 2.78 bits per heavy atom. The van der Waals surface area contributed by atoms with Gasteiger partial charge in [0.15, 0.2) is 0 Å². The zero-order valence-corrected chi connectivity index (χ0v) is 12.1. The molecule has 1 amide bonds. The summed E-state index contributed by atoms with van der Waals surface area (Å²) in [4.78, 5) is 22.3. The maximum Gasteiger partial charge on any atom is 0.303 e. The Hall–Kier alpha value is -1.07. The van der Waals surface area contributed by atoms with E-state index in [0.717, 1.165) is 0 Å². The molecule has 0 aromatic heterocycles. The highest BCUT2D eigenvalue weighted by Gasteiger charge is 2.14. The van der Waals surface area contributed by atoms with E-state index in [-0.39, 0.29) is 18.4 Å². The van der Waals surface area contributed by atoms with Crippen LogP contribution < -0.4 is 5.32 Å². The first-order valence-electron chi connectivity index (χ1n) is 5.38. The number of hydrogen-bond donors (Lipinski definition) is 2. The number of carboxylic acids is 1. The summed E-state index contributed by atoms with van der Waals surface area (Å²) in [5.74, 6) is -1.15. The largest absolute Gasteiger partial charge is 0.481 e. The highest BCUT2D eigenvalue weighted by atomic mass is 79.9. The van der Waals surface area contributed by atoms with E-state index < -0.39 is 5.97 Å². The highest BCUT2D eigenvalue weighted by molar-refractivity contribution is 9.10. The number of benzene rings is 1. The number of amides is 1. The second kappa shape index (κ2) is 6.75. The Morgan fingerprint density at radius 2 is 2.17 bits per heavy atom. The van der Waals surface area contributed by atoms with Gasteiger partial charge in [0, 0.05) is 22.0 Å². The topological polar surface area (TPSA) is 66.4 Å². The summed E-state index contributed by atoms with van der Waals surface area (Å²) in [6.45, 7) is 1.76. The second-order valence-corrected chi connectivity index (χ2v) is 5.22. The predicted molar refractivity (Wildman–Crippen MR) is 73.0 cm³/mol. The normalized spacial score (nSPS) is 11.9. The van der Waals surface area contributed by atoms with Gasteiger partial charge in [0.05, 0.1) is 5.56 Å². The van der Waals surface area contributed by atoms with E-state index in [1.54, 1.807) is 25.1 Å². The van der Waals surface area contributed by atoms with E-state index in [2.05, 4.69) is 21.2 Å². The Bertz CT molecular complexity index is 465. The summed E-state index contributed by atoms with van der Waals surface area (Å²) in [5, 5.41) is 11.8. The van der Waals surface area contributed by atoms with Crippen LogP contribution in [0, 0.1) is 0 Å². The first-order chi connectivity index (χ1) is 8.40. The molecule has 0 heterocycles. The van der Waals surface area contributed by atoms with Crippen molar-refractivity contribution in [3.8, 4) is 0 Å². The number of rotatable bonds is 5. The Morgan fingerprint density at radius 1 is 1.50 bits per heavy atom. The van der Waals surface area contributed by atoms with Crippen molar-refractivity contribution >= 4 is 39.4 Å². The molecule has 0 aliphatic rings. The van der Waals surface area contributed by atoms with Crippen LogP contribution in [0.2, 0.25) is 5.02 Å². The van der Waals surface area contributed by atoms with Crippen LogP contribution in [0.1, 0.15) is 30.1 Å². The third-order valence-electron chi connectivity index (χ3n) is 2.34. The number of hydrogen-bond acceptors (Lipinski definition) is 2. The molecule has 1 aromatic carbocycles. The lowest BCUT2D eigenvalue weighted by molar-refractivity contribution is -0.137. The average Bonchev–Trinajstić information content (AvgIpc) is 2.29. The number of nitrogens with one attached hydrogen (secondary N) is 1. The molecule has 98 valence electrons. The maximum absolute atomic E-state index is 11.9. The number of aliphatic carboxylic acids is 1. The minimum atomic E-state index is -0.875. The molecule has 0 aliphatic heterocycles. The van der Waals surface area contributed by atoms with Crippen LogP contribution in [0.25, 0.3) is 0 Å². The average molecular weight is 335 g/mol. The number of carbonyl (C=O) groups excluding carboxylic acids is 1. The fourth-order valence-corrected chi connectivity index (χ4v) is 1.98. The third-order valence-corrected chi connectivity index (χ3v) is 3.27. The molecule has 0 saturated heterocycles. The van der Waals surface area contributed by atoms with Crippen LogP contribution in [0.15, 0.2) is 22.7 Å². The SMILES string of the molecule is CC(CCC(=O)O)NC(=O)c1cc(Cl)ccc1Br. The van der Waals surface area contributed by atoms with Gasteiger partial charge in [0.2, 0.25) is 0 Å². The van der Waals surface area contributed by atoms with Gasteiger partial charge in [-0.1, -0.05) is 11.6 Å². The summed E-state index contributed by atoms with van der Waals surface area (Å²) in [6, 6.07) is 4.72. The van der Waals surface area contributed by atoms with E-state index in [0.29, 0.717) is 21.5 Å². The van der Waals surface area contributed by atoms with Crippen molar-refractivity contribution in [3.63, 3.8) is 0 Å². The molecule has 2 N–H and O–H groups in total. The Balaban J connectivity index is 2.64. The smallest absolute Gasteiger partial charge is 0.303 e. The molecular weight excluding hydrogens is 321 g/mol. The first-order valence-corrected chi connectivity index (χ1v) is 6.55. The molecule has 0 spiro atoms. The quantitative estimate of drug-likeness (QED) is 0.869. The summed E-state index contributed by atoms with van der Waals surface area (Å²) in [5.41, 5.74) is 0.435. The number of halogens is 2. The van der Waals surface area contributed by atoms with E-state index in [1.165, 1.54) is 0 Å². The molecule has 1 atom stereocenters. The van der Waals surface area contributed by atoms with Gasteiger partial charge in [-0.3, -0.25) is 9.59 Å². The summed E-state index contributed by atoms with van der Waals surface area (Å²) >= 11 is 9.09. The van der Waals surface area contributed by atoms with Gasteiger partial charge in [0.25, 0.3) is 5.91 Å². The van der Waals surface area contributed by atoms with E-state index in [9.17, 15) is 9.59 Å². The van der Waals surface area contributed by atoms with Crippen molar-refractivity contribution in [2.24, 2.45) is 0 Å². The molecule has 6 heteroatoms. The van der Waals surface area contributed by atoms with Gasteiger partial charge >= 0.3 is 5.97 Å². The van der Waals surface area contributed by atoms with Crippen LogP contribution in [0.4, 0.5) is 0 Å². The van der Waals surface area contributed by atoms with Crippen LogP contribution in [0.3, 0.4) is 0 Å². The van der Waals surface area contributed by atoms with Gasteiger partial charge in [-0.05, 0) is 47.5 Å². The molecule has 18 heavy (non-hydrogen) atoms. The molecule has 0 bridgehead atoms. The van der Waals surface area contributed by atoms with E-state index in [4.69, 9.17) is 16.7 Å². The van der Waals surface area contributed by atoms with E-state index >= 15 is 0 Å². The molecule has 0 aliphatic carbocycles. The fourth-order valence-electron chi connectivity index (χ4n) is 1.39. The third kappa shape index (κ3) is 4.66. The van der Waals surface area contributed by atoms with Gasteiger partial charge in [0.1, 0.15) is 0 Å². The lowest BCUT2D eigenvalue weighted by Crippen LogP contribution is -2.33. The number of carbonyl (C=O) groups is 2. The monoisotopic (exact) mass is 333 g/mol. The molecule has 0 saturated carbocycles. The van der Waals surface area contributed by atoms with Crippen molar-refractivity contribution in [1.82, 2.24) is 5.32 Å². The van der Waals surface area contributed by atoms with Gasteiger partial charge < -0.3 is 10.4 Å². The maximum atomic E-state index is 11.9. The summed E-state index contributed by atoms with van der Waals surface area (Å²) in [6.07, 6.45) is 0.414. The van der Waals surface area contributed by atoms with Crippen molar-refractivity contribution < 1.29 is 14.7 Å². The van der Waals surface area contributed by atoms with Crippen molar-refractivity contribution in [3.05, 3.63) is 33.3 Å². The molecule has 4 nitrogen and oxygen atoms in total. The minimum absolute atomic E-state index is 0.0260. The van der Waals surface area contributed by atoms with Gasteiger partial charge in [-0.2, -0.15) is 0 Å². The summed E-state index contributed by atoms with van der Waals surface area (Å²) in [7, 11) is 0. The van der Waals surface area contributed by atoms with Crippen LogP contribution >= 0.6 is 27.5 Å². The Kier molecular flexibility index (Phi) is 5.62. The van der Waals surface area contributed by atoms with Crippen LogP contribution in [-0.2, 0) is 4.79 Å². The molecule has 0 radical (unpaired) electrons. The molecule has 1 aromatic rings. The summed E-state index contributed by atoms with van der Waals surface area (Å²) < 4.78 is 0.648. The molecule has 0 fully saturated rings. The zero-order chi connectivity index (χ0) is 13.7. The Labute approximate surface area is 118 Å². The van der Waals surface area contributed by atoms with Crippen LogP contribution in [0.5, 0.6) is 0 Å². The van der Waals surface area contributed by atoms with Crippen molar-refractivity contribution in [2.45, 2.75) is 25.8 Å². The van der Waals surface area contributed by atoms with Gasteiger partial charge in [-0.15, -0.1) is 0 Å². The lowest BCUT2D eigenvalue weighted by Gasteiger charge is -2.13. The zero-order valence-electron chi connectivity index (χ0n) is 9.74. The number of carboxylic acid groups (broad SMARTS) is 1. The van der Waals surface area contributed by atoms with Crippen LogP contribution in [-0.4, -0.2) is 23.0 Å². The first kappa shape index (κ1) is 15.0. The standard InChI is InChI=1S/C12H13BrClNO3/c1-7(2-5-11(16)17)15-12(18)9-6-8(14)3-4-10(9)13/h3-4,6-7H,2,5H2,1H3,(H,15,18)(H,16,17). The lowest BCUT2D eigenvalue weighted by atomic mass is 10.1. The van der Waals surface area contributed by atoms with Crippen molar-refractivity contribution in [1.29, 1.82) is 0 Å². The second-order valence-electron chi connectivity index (χ2n) is 3.93. The predicted octanol–water partition coefficient (Wildman–Crippen LogP) is 3.09. The van der Waals surface area contributed by atoms with Gasteiger partial charge in [-0.25, -0.2) is 0 Å². The van der Waals surface area contributed by atoms with E-state index in [1.807, 2.05) is 0 Å². The molecule has 1 unspecified atom stereocenters. The minimum Gasteiger partial charge on any atom is -0.481 e. The fraction of sp³-hybridized carbons (Fsp3) is 0.333.